The Morgan fingerprint density at radius 3 is 2.35 bits per heavy atom. The van der Waals surface area contributed by atoms with E-state index in [0.29, 0.717) is 13.1 Å². The number of nitrogens with zero attached hydrogens (tertiary/aromatic N) is 3. The van der Waals surface area contributed by atoms with Crippen molar-refractivity contribution < 1.29 is 21.6 Å². The van der Waals surface area contributed by atoms with E-state index in [0.717, 1.165) is 34.2 Å². The lowest BCUT2D eigenvalue weighted by Crippen LogP contribution is -2.49. The van der Waals surface area contributed by atoms with Gasteiger partial charge in [0, 0.05) is 38.4 Å². The van der Waals surface area contributed by atoms with Gasteiger partial charge in [-0.15, -0.1) is 11.3 Å². The number of piperazine rings is 1. The summed E-state index contributed by atoms with van der Waals surface area (Å²) in [4.78, 5) is 13.6. The molecule has 0 unspecified atom stereocenters. The van der Waals surface area contributed by atoms with Crippen LogP contribution >= 0.6 is 11.3 Å². The number of hydrogen-bond donors (Lipinski definition) is 0. The molecule has 3 rings (SSSR count). The molecule has 0 spiro atoms. The van der Waals surface area contributed by atoms with Crippen LogP contribution in [0.3, 0.4) is 0 Å². The highest BCUT2D eigenvalue weighted by molar-refractivity contribution is 7.91. The Morgan fingerprint density at radius 2 is 1.77 bits per heavy atom. The molecular weight excluding hydrogens is 391 g/mol. The van der Waals surface area contributed by atoms with E-state index in [1.807, 2.05) is 0 Å². The van der Waals surface area contributed by atoms with E-state index in [1.54, 1.807) is 16.3 Å². The maximum Gasteiger partial charge on any atom is 0.417 e. The van der Waals surface area contributed by atoms with Gasteiger partial charge >= 0.3 is 6.18 Å². The zero-order valence-corrected chi connectivity index (χ0v) is 15.1. The van der Waals surface area contributed by atoms with Crippen LogP contribution in [0.15, 0.2) is 44.8 Å². The lowest BCUT2D eigenvalue weighted by molar-refractivity contribution is -0.138. The Labute approximate surface area is 152 Å². The van der Waals surface area contributed by atoms with Gasteiger partial charge in [-0.05, 0) is 17.5 Å². The molecule has 0 N–H and O–H groups in total. The SMILES string of the molecule is O=c1ccc(C(F)(F)F)cn1CN1CCN(S(=O)(=O)c2cccs2)CC1. The minimum atomic E-state index is -4.52. The largest absolute Gasteiger partial charge is 0.417 e. The van der Waals surface area contributed by atoms with Crippen molar-refractivity contribution in [2.24, 2.45) is 0 Å². The van der Waals surface area contributed by atoms with Gasteiger partial charge < -0.3 is 4.57 Å². The third-order valence-electron chi connectivity index (χ3n) is 4.08. The van der Waals surface area contributed by atoms with Crippen LogP contribution in [-0.4, -0.2) is 48.4 Å². The van der Waals surface area contributed by atoms with Crippen molar-refractivity contribution in [3.8, 4) is 0 Å². The summed E-state index contributed by atoms with van der Waals surface area (Å²) < 4.78 is 65.9. The summed E-state index contributed by atoms with van der Waals surface area (Å²) >= 11 is 1.14. The fraction of sp³-hybridized carbons (Fsp3) is 0.400. The highest BCUT2D eigenvalue weighted by atomic mass is 32.2. The zero-order chi connectivity index (χ0) is 18.9. The van der Waals surface area contributed by atoms with Crippen LogP contribution in [0.2, 0.25) is 0 Å². The molecule has 2 aromatic heterocycles. The molecule has 1 aliphatic heterocycles. The van der Waals surface area contributed by atoms with Gasteiger partial charge in [0.25, 0.3) is 15.6 Å². The van der Waals surface area contributed by atoms with Crippen LogP contribution in [0.1, 0.15) is 5.56 Å². The molecule has 26 heavy (non-hydrogen) atoms. The highest BCUT2D eigenvalue weighted by Gasteiger charge is 2.32. The standard InChI is InChI=1S/C15H16F3N3O3S2/c16-15(17,18)12-3-4-13(22)20(10-12)11-19-5-7-21(8-6-19)26(23,24)14-2-1-9-25-14/h1-4,9-10H,5-8,11H2. The average molecular weight is 407 g/mol. The Bertz CT molecular complexity index is 916. The fourth-order valence-corrected chi connectivity index (χ4v) is 5.24. The first-order chi connectivity index (χ1) is 12.2. The minimum Gasteiger partial charge on any atom is -0.301 e. The summed E-state index contributed by atoms with van der Waals surface area (Å²) in [6.45, 7) is 1.07. The van der Waals surface area contributed by atoms with Crippen LogP contribution < -0.4 is 5.56 Å². The van der Waals surface area contributed by atoms with Crippen molar-refractivity contribution in [2.45, 2.75) is 17.1 Å². The number of halogens is 3. The maximum absolute atomic E-state index is 12.8. The Morgan fingerprint density at radius 1 is 1.08 bits per heavy atom. The van der Waals surface area contributed by atoms with E-state index >= 15 is 0 Å². The normalized spacial score (nSPS) is 17.5. The van der Waals surface area contributed by atoms with Crippen molar-refractivity contribution in [3.05, 3.63) is 51.8 Å². The molecule has 6 nitrogen and oxygen atoms in total. The number of aromatic nitrogens is 1. The van der Waals surface area contributed by atoms with Crippen molar-refractivity contribution in [3.63, 3.8) is 0 Å². The third-order valence-corrected chi connectivity index (χ3v) is 7.36. The fourth-order valence-electron chi connectivity index (χ4n) is 2.67. The Balaban J connectivity index is 1.67. The second kappa shape index (κ2) is 7.14. The molecule has 0 aromatic carbocycles. The van der Waals surface area contributed by atoms with Crippen LogP contribution in [0, 0.1) is 0 Å². The van der Waals surface area contributed by atoms with Gasteiger partial charge in [-0.2, -0.15) is 17.5 Å². The van der Waals surface area contributed by atoms with Gasteiger partial charge in [-0.1, -0.05) is 6.07 Å². The average Bonchev–Trinajstić information content (AvgIpc) is 3.12. The first kappa shape index (κ1) is 19.1. The van der Waals surface area contributed by atoms with E-state index in [2.05, 4.69) is 0 Å². The summed E-state index contributed by atoms with van der Waals surface area (Å²) in [5.74, 6) is 0. The molecule has 0 amide bonds. The summed E-state index contributed by atoms with van der Waals surface area (Å²) in [5.41, 5.74) is -1.43. The molecule has 11 heteroatoms. The molecule has 1 saturated heterocycles. The molecule has 0 aliphatic carbocycles. The molecule has 0 saturated carbocycles. The van der Waals surface area contributed by atoms with Gasteiger partial charge in [-0.3, -0.25) is 9.69 Å². The molecule has 0 bridgehead atoms. The Hall–Kier alpha value is -1.69. The highest BCUT2D eigenvalue weighted by Crippen LogP contribution is 2.28. The van der Waals surface area contributed by atoms with Gasteiger partial charge in [0.15, 0.2) is 0 Å². The molecule has 2 aromatic rings. The van der Waals surface area contributed by atoms with Crippen molar-refractivity contribution in [1.82, 2.24) is 13.8 Å². The Kier molecular flexibility index (Phi) is 5.24. The molecule has 1 aliphatic rings. The van der Waals surface area contributed by atoms with E-state index in [4.69, 9.17) is 0 Å². The number of alkyl halides is 3. The van der Waals surface area contributed by atoms with Gasteiger partial charge in [-0.25, -0.2) is 8.42 Å². The number of hydrogen-bond acceptors (Lipinski definition) is 5. The van der Waals surface area contributed by atoms with Crippen molar-refractivity contribution in [1.29, 1.82) is 0 Å². The smallest absolute Gasteiger partial charge is 0.301 e. The van der Waals surface area contributed by atoms with Crippen molar-refractivity contribution in [2.75, 3.05) is 26.2 Å². The predicted octanol–water partition coefficient (Wildman–Crippen LogP) is 1.89. The van der Waals surface area contributed by atoms with E-state index in [-0.39, 0.29) is 24.0 Å². The number of sulfonamides is 1. The molecule has 0 radical (unpaired) electrons. The van der Waals surface area contributed by atoms with Crippen LogP contribution in [0.4, 0.5) is 13.2 Å². The van der Waals surface area contributed by atoms with Gasteiger partial charge in [0.2, 0.25) is 0 Å². The maximum atomic E-state index is 12.8. The van der Waals surface area contributed by atoms with Gasteiger partial charge in [0.05, 0.1) is 12.2 Å². The summed E-state index contributed by atoms with van der Waals surface area (Å²) in [6.07, 6.45) is -3.74. The lowest BCUT2D eigenvalue weighted by atomic mass is 10.3. The van der Waals surface area contributed by atoms with E-state index < -0.39 is 27.3 Å². The second-order valence-electron chi connectivity index (χ2n) is 5.82. The van der Waals surface area contributed by atoms with E-state index in [9.17, 15) is 26.4 Å². The monoisotopic (exact) mass is 407 g/mol. The first-order valence-corrected chi connectivity index (χ1v) is 10.0. The molecular formula is C15H16F3N3O3S2. The van der Waals surface area contributed by atoms with E-state index in [1.165, 1.54) is 10.4 Å². The second-order valence-corrected chi connectivity index (χ2v) is 8.93. The number of pyridine rings is 1. The molecule has 142 valence electrons. The quantitative estimate of drug-likeness (QED) is 0.777. The first-order valence-electron chi connectivity index (χ1n) is 7.71. The molecule has 3 heterocycles. The van der Waals surface area contributed by atoms with Gasteiger partial charge in [0.1, 0.15) is 4.21 Å². The predicted molar refractivity (Wildman–Crippen MR) is 90.4 cm³/mol. The van der Waals surface area contributed by atoms with Crippen molar-refractivity contribution >= 4 is 21.4 Å². The third kappa shape index (κ3) is 4.00. The lowest BCUT2D eigenvalue weighted by Gasteiger charge is -2.33. The number of rotatable bonds is 4. The van der Waals surface area contributed by atoms with Crippen LogP contribution in [0.5, 0.6) is 0 Å². The van der Waals surface area contributed by atoms with Crippen LogP contribution in [-0.2, 0) is 22.9 Å². The van der Waals surface area contributed by atoms with Crippen LogP contribution in [0.25, 0.3) is 0 Å². The summed E-state index contributed by atoms with van der Waals surface area (Å²) in [5, 5.41) is 1.68. The topological polar surface area (TPSA) is 62.6 Å². The molecule has 1 fully saturated rings. The minimum absolute atomic E-state index is 0.0182. The zero-order valence-electron chi connectivity index (χ0n) is 13.5. The molecule has 0 atom stereocenters. The summed E-state index contributed by atoms with van der Waals surface area (Å²) in [7, 11) is -3.54. The summed E-state index contributed by atoms with van der Waals surface area (Å²) in [6, 6.07) is 4.84. The number of thiophene rings is 1.